The van der Waals surface area contributed by atoms with E-state index in [1.54, 1.807) is 0 Å². The van der Waals surface area contributed by atoms with Gasteiger partial charge in [-0.2, -0.15) is 8.42 Å². The number of aliphatic hydroxyl groups excluding tert-OH is 1. The molecule has 1 rings (SSSR count). The number of rotatable bonds is 3. The van der Waals surface area contributed by atoms with Gasteiger partial charge in [0.15, 0.2) is 6.10 Å². The number of carbonyl (C=O) groups is 1. The van der Waals surface area contributed by atoms with Crippen LogP contribution in [0.4, 0.5) is 0 Å². The minimum atomic E-state index is -4.39. The van der Waals surface area contributed by atoms with Crippen molar-refractivity contribution in [1.82, 2.24) is 0 Å². The van der Waals surface area contributed by atoms with E-state index in [2.05, 4.69) is 0 Å². The topological polar surface area (TPSA) is 112 Å². The van der Waals surface area contributed by atoms with Crippen LogP contribution < -0.4 is 0 Å². The number of carboxylic acids is 1. The van der Waals surface area contributed by atoms with Crippen molar-refractivity contribution >= 4 is 16.1 Å². The van der Waals surface area contributed by atoms with E-state index in [4.69, 9.17) is 14.8 Å². The van der Waals surface area contributed by atoms with Gasteiger partial charge < -0.3 is 10.2 Å². The second kappa shape index (κ2) is 3.97. The quantitative estimate of drug-likeness (QED) is 0.635. The molecule has 1 aromatic carbocycles. The highest BCUT2D eigenvalue weighted by molar-refractivity contribution is 7.85. The fourth-order valence-corrected chi connectivity index (χ4v) is 1.52. The van der Waals surface area contributed by atoms with Gasteiger partial charge in [0, 0.05) is 0 Å². The summed E-state index contributed by atoms with van der Waals surface area (Å²) in [5.74, 6) is -1.50. The third kappa shape index (κ3) is 2.75. The van der Waals surface area contributed by atoms with Gasteiger partial charge in [-0.15, -0.1) is 0 Å². The van der Waals surface area contributed by atoms with Gasteiger partial charge in [0.05, 0.1) is 4.90 Å². The molecule has 0 aromatic heterocycles. The molecule has 0 spiro atoms. The largest absolute Gasteiger partial charge is 0.479 e. The highest BCUT2D eigenvalue weighted by atomic mass is 32.2. The maximum Gasteiger partial charge on any atom is 0.337 e. The molecule has 7 heteroatoms. The standard InChI is InChI=1S/C8H8O6S/c9-7(8(10)11)5-2-1-3-6(4-5)15(12,13)14/h1-4,7,9H,(H,10,11)(H,12,13,14). The molecule has 3 N–H and O–H groups in total. The predicted octanol–water partition coefficient (Wildman–Crippen LogP) is 0.0513. The van der Waals surface area contributed by atoms with Crippen LogP contribution in [0.1, 0.15) is 11.7 Å². The molecule has 0 saturated carbocycles. The van der Waals surface area contributed by atoms with Crippen LogP contribution in [0.25, 0.3) is 0 Å². The van der Waals surface area contributed by atoms with Crippen molar-refractivity contribution in [3.05, 3.63) is 29.8 Å². The molecule has 82 valence electrons. The molecule has 1 aromatic rings. The average molecular weight is 232 g/mol. The Kier molecular flexibility index (Phi) is 3.08. The molecule has 0 fully saturated rings. The Bertz CT molecular complexity index is 478. The van der Waals surface area contributed by atoms with Gasteiger partial charge in [0.25, 0.3) is 10.1 Å². The van der Waals surface area contributed by atoms with Crippen LogP contribution in [0.2, 0.25) is 0 Å². The number of carboxylic acid groups (broad SMARTS) is 1. The molecule has 6 nitrogen and oxygen atoms in total. The zero-order valence-electron chi connectivity index (χ0n) is 7.36. The molecule has 1 unspecified atom stereocenters. The molecular weight excluding hydrogens is 224 g/mol. The first kappa shape index (κ1) is 11.6. The lowest BCUT2D eigenvalue weighted by Gasteiger charge is -2.06. The van der Waals surface area contributed by atoms with Gasteiger partial charge in [-0.3, -0.25) is 4.55 Å². The molecule has 0 aliphatic rings. The molecule has 0 heterocycles. The Morgan fingerprint density at radius 3 is 2.40 bits per heavy atom. The summed E-state index contributed by atoms with van der Waals surface area (Å²) in [5, 5.41) is 17.6. The second-order valence-corrected chi connectivity index (χ2v) is 4.21. The van der Waals surface area contributed by atoms with Crippen molar-refractivity contribution in [3.8, 4) is 0 Å². The average Bonchev–Trinajstić information content (AvgIpc) is 2.15. The Morgan fingerprint density at radius 2 is 1.93 bits per heavy atom. The van der Waals surface area contributed by atoms with E-state index in [0.717, 1.165) is 12.1 Å². The van der Waals surface area contributed by atoms with Crippen LogP contribution in [-0.4, -0.2) is 29.2 Å². The molecule has 0 aliphatic heterocycles. The normalized spacial score (nSPS) is 13.5. The smallest absolute Gasteiger partial charge is 0.337 e. The van der Waals surface area contributed by atoms with Crippen LogP contribution in [-0.2, 0) is 14.9 Å². The summed E-state index contributed by atoms with van der Waals surface area (Å²) in [5.41, 5.74) is -0.113. The molecular formula is C8H8O6S. The lowest BCUT2D eigenvalue weighted by Crippen LogP contribution is -2.11. The highest BCUT2D eigenvalue weighted by Crippen LogP contribution is 2.17. The van der Waals surface area contributed by atoms with E-state index in [-0.39, 0.29) is 5.56 Å². The number of aliphatic hydroxyl groups is 1. The van der Waals surface area contributed by atoms with E-state index in [0.29, 0.717) is 0 Å². The third-order valence-electron chi connectivity index (χ3n) is 1.71. The fourth-order valence-electron chi connectivity index (χ4n) is 0.988. The van der Waals surface area contributed by atoms with E-state index in [1.165, 1.54) is 12.1 Å². The second-order valence-electron chi connectivity index (χ2n) is 2.79. The zero-order valence-corrected chi connectivity index (χ0v) is 8.18. The highest BCUT2D eigenvalue weighted by Gasteiger charge is 2.18. The van der Waals surface area contributed by atoms with Crippen LogP contribution in [0.15, 0.2) is 29.2 Å². The van der Waals surface area contributed by atoms with Crippen LogP contribution in [0.5, 0.6) is 0 Å². The number of benzene rings is 1. The lowest BCUT2D eigenvalue weighted by atomic mass is 10.1. The minimum Gasteiger partial charge on any atom is -0.479 e. The van der Waals surface area contributed by atoms with Gasteiger partial charge in [-0.25, -0.2) is 4.79 Å². The van der Waals surface area contributed by atoms with E-state index < -0.39 is 27.1 Å². The predicted molar refractivity (Wildman–Crippen MR) is 48.9 cm³/mol. The first-order valence-corrected chi connectivity index (χ1v) is 5.24. The maximum absolute atomic E-state index is 10.7. The van der Waals surface area contributed by atoms with Crippen molar-refractivity contribution in [2.24, 2.45) is 0 Å². The lowest BCUT2D eigenvalue weighted by molar-refractivity contribution is -0.146. The molecule has 0 saturated heterocycles. The van der Waals surface area contributed by atoms with E-state index >= 15 is 0 Å². The summed E-state index contributed by atoms with van der Waals surface area (Å²) in [6.07, 6.45) is -1.81. The molecule has 0 aliphatic carbocycles. The Labute approximate surface area is 85.5 Å². The summed E-state index contributed by atoms with van der Waals surface area (Å²) in [7, 11) is -4.39. The summed E-state index contributed by atoms with van der Waals surface area (Å²) >= 11 is 0. The Hall–Kier alpha value is -1.44. The van der Waals surface area contributed by atoms with Gasteiger partial charge >= 0.3 is 5.97 Å². The van der Waals surface area contributed by atoms with Crippen molar-refractivity contribution in [3.63, 3.8) is 0 Å². The number of hydrogen-bond donors (Lipinski definition) is 3. The molecule has 0 radical (unpaired) electrons. The molecule has 15 heavy (non-hydrogen) atoms. The van der Waals surface area contributed by atoms with Gasteiger partial charge in [0.2, 0.25) is 0 Å². The minimum absolute atomic E-state index is 0.113. The number of aliphatic carboxylic acids is 1. The van der Waals surface area contributed by atoms with Crippen molar-refractivity contribution < 1.29 is 28.0 Å². The molecule has 0 bridgehead atoms. The third-order valence-corrected chi connectivity index (χ3v) is 2.56. The SMILES string of the molecule is O=C(O)C(O)c1cccc(S(=O)(=O)O)c1. The van der Waals surface area contributed by atoms with Crippen molar-refractivity contribution in [2.45, 2.75) is 11.0 Å². The number of hydrogen-bond acceptors (Lipinski definition) is 4. The molecule has 1 atom stereocenters. The van der Waals surface area contributed by atoms with E-state index in [1.807, 2.05) is 0 Å². The van der Waals surface area contributed by atoms with Crippen molar-refractivity contribution in [1.29, 1.82) is 0 Å². The van der Waals surface area contributed by atoms with Crippen LogP contribution >= 0.6 is 0 Å². The van der Waals surface area contributed by atoms with Crippen LogP contribution in [0.3, 0.4) is 0 Å². The Balaban J connectivity index is 3.20. The summed E-state index contributed by atoms with van der Waals surface area (Å²) in [6, 6.07) is 4.46. The van der Waals surface area contributed by atoms with Crippen LogP contribution in [0, 0.1) is 0 Å². The maximum atomic E-state index is 10.7. The zero-order chi connectivity index (χ0) is 11.6. The van der Waals surface area contributed by atoms with Crippen molar-refractivity contribution in [2.75, 3.05) is 0 Å². The fraction of sp³-hybridized carbons (Fsp3) is 0.125. The van der Waals surface area contributed by atoms with Gasteiger partial charge in [-0.05, 0) is 17.7 Å². The van der Waals surface area contributed by atoms with E-state index in [9.17, 15) is 13.2 Å². The summed E-state index contributed by atoms with van der Waals surface area (Å²) < 4.78 is 30.1. The summed E-state index contributed by atoms with van der Waals surface area (Å²) in [6.45, 7) is 0. The monoisotopic (exact) mass is 232 g/mol. The first-order valence-electron chi connectivity index (χ1n) is 3.80. The van der Waals surface area contributed by atoms with Gasteiger partial charge in [-0.1, -0.05) is 12.1 Å². The molecule has 0 amide bonds. The summed E-state index contributed by atoms with van der Waals surface area (Å²) in [4.78, 5) is 9.94. The first-order chi connectivity index (χ1) is 6.82. The Morgan fingerprint density at radius 1 is 1.33 bits per heavy atom. The van der Waals surface area contributed by atoms with Gasteiger partial charge in [0.1, 0.15) is 0 Å².